The molecule has 0 heterocycles. The Bertz CT molecular complexity index is 303. The maximum atomic E-state index is 11.6. The monoisotopic (exact) mass is 259 g/mol. The van der Waals surface area contributed by atoms with E-state index in [0.29, 0.717) is 0 Å². The van der Waals surface area contributed by atoms with Crippen molar-refractivity contribution in [3.8, 4) is 0 Å². The maximum Gasteiger partial charge on any atom is 0.326 e. The van der Waals surface area contributed by atoms with Crippen molar-refractivity contribution in [2.45, 2.75) is 52.0 Å². The van der Waals surface area contributed by atoms with Gasteiger partial charge in [0.2, 0.25) is 5.91 Å². The Labute approximate surface area is 106 Å². The zero-order valence-corrected chi connectivity index (χ0v) is 10.8. The summed E-state index contributed by atoms with van der Waals surface area (Å²) in [7, 11) is 0. The standard InChI is InChI=1S/C12H21NO5/c1-3-4-8(2)7-10(14)13-9(12(17)18)5-6-11(15)16/h8-9H,3-7H2,1-2H3,(H,13,14)(H,15,16)(H,17,18)/t8?,9-/m0/s1. The van der Waals surface area contributed by atoms with Crippen molar-refractivity contribution in [1.82, 2.24) is 5.32 Å². The molecule has 0 saturated carbocycles. The second-order valence-electron chi connectivity index (χ2n) is 4.49. The number of carboxylic acids is 2. The molecule has 18 heavy (non-hydrogen) atoms. The molecule has 0 rings (SSSR count). The van der Waals surface area contributed by atoms with E-state index in [4.69, 9.17) is 10.2 Å². The molecular formula is C12H21NO5. The van der Waals surface area contributed by atoms with Crippen molar-refractivity contribution in [3.63, 3.8) is 0 Å². The van der Waals surface area contributed by atoms with Gasteiger partial charge in [-0.1, -0.05) is 26.7 Å². The molecule has 6 nitrogen and oxygen atoms in total. The number of carboxylic acid groups (broad SMARTS) is 2. The second kappa shape index (κ2) is 8.49. The van der Waals surface area contributed by atoms with Gasteiger partial charge >= 0.3 is 11.9 Å². The Balaban J connectivity index is 4.19. The summed E-state index contributed by atoms with van der Waals surface area (Å²) in [6.45, 7) is 3.94. The highest BCUT2D eigenvalue weighted by atomic mass is 16.4. The first-order valence-electron chi connectivity index (χ1n) is 6.10. The maximum absolute atomic E-state index is 11.6. The van der Waals surface area contributed by atoms with Crippen molar-refractivity contribution < 1.29 is 24.6 Å². The number of amides is 1. The van der Waals surface area contributed by atoms with Gasteiger partial charge in [0, 0.05) is 12.8 Å². The molecule has 0 aromatic rings. The van der Waals surface area contributed by atoms with Gasteiger partial charge in [0.1, 0.15) is 6.04 Å². The van der Waals surface area contributed by atoms with E-state index in [1.807, 2.05) is 13.8 Å². The fourth-order valence-electron chi connectivity index (χ4n) is 1.69. The molecule has 0 aromatic carbocycles. The minimum Gasteiger partial charge on any atom is -0.481 e. The smallest absolute Gasteiger partial charge is 0.326 e. The number of carbonyl (C=O) groups excluding carboxylic acids is 1. The Hall–Kier alpha value is -1.59. The predicted molar refractivity (Wildman–Crippen MR) is 65.1 cm³/mol. The third-order valence-corrected chi connectivity index (χ3v) is 2.60. The highest BCUT2D eigenvalue weighted by Crippen LogP contribution is 2.10. The molecule has 0 saturated heterocycles. The Morgan fingerprint density at radius 2 is 1.78 bits per heavy atom. The van der Waals surface area contributed by atoms with Gasteiger partial charge in [-0.25, -0.2) is 4.79 Å². The molecule has 0 aromatic heterocycles. The third-order valence-electron chi connectivity index (χ3n) is 2.60. The summed E-state index contributed by atoms with van der Waals surface area (Å²) in [5, 5.41) is 19.7. The number of hydrogen-bond donors (Lipinski definition) is 3. The van der Waals surface area contributed by atoms with E-state index in [1.165, 1.54) is 0 Å². The first-order chi connectivity index (χ1) is 8.36. The molecule has 0 bridgehead atoms. The topological polar surface area (TPSA) is 104 Å². The van der Waals surface area contributed by atoms with Crippen LogP contribution in [0.1, 0.15) is 46.0 Å². The summed E-state index contributed by atoms with van der Waals surface area (Å²) in [5.74, 6) is -2.42. The van der Waals surface area contributed by atoms with E-state index in [-0.39, 0.29) is 31.1 Å². The molecule has 0 aliphatic carbocycles. The summed E-state index contributed by atoms with van der Waals surface area (Å²) in [5.41, 5.74) is 0. The lowest BCUT2D eigenvalue weighted by Crippen LogP contribution is -2.41. The molecular weight excluding hydrogens is 238 g/mol. The average molecular weight is 259 g/mol. The van der Waals surface area contributed by atoms with Crippen LogP contribution in [-0.4, -0.2) is 34.1 Å². The fourth-order valence-corrected chi connectivity index (χ4v) is 1.69. The van der Waals surface area contributed by atoms with Crippen molar-refractivity contribution in [1.29, 1.82) is 0 Å². The molecule has 0 aliphatic rings. The van der Waals surface area contributed by atoms with Gasteiger partial charge in [0.25, 0.3) is 0 Å². The summed E-state index contributed by atoms with van der Waals surface area (Å²) in [6.07, 6.45) is 1.77. The van der Waals surface area contributed by atoms with Crippen LogP contribution in [0.25, 0.3) is 0 Å². The van der Waals surface area contributed by atoms with Gasteiger partial charge in [-0.05, 0) is 12.3 Å². The quantitative estimate of drug-likeness (QED) is 0.578. The summed E-state index contributed by atoms with van der Waals surface area (Å²) in [6, 6.07) is -1.12. The van der Waals surface area contributed by atoms with Crippen LogP contribution in [0, 0.1) is 5.92 Å². The van der Waals surface area contributed by atoms with E-state index in [1.54, 1.807) is 0 Å². The van der Waals surface area contributed by atoms with Gasteiger partial charge in [-0.3, -0.25) is 9.59 Å². The molecule has 1 amide bonds. The lowest BCUT2D eigenvalue weighted by Gasteiger charge is -2.15. The molecule has 0 spiro atoms. The zero-order valence-electron chi connectivity index (χ0n) is 10.8. The van der Waals surface area contributed by atoms with Crippen molar-refractivity contribution in [2.75, 3.05) is 0 Å². The van der Waals surface area contributed by atoms with Crippen LogP contribution in [-0.2, 0) is 14.4 Å². The highest BCUT2D eigenvalue weighted by molar-refractivity contribution is 5.84. The molecule has 104 valence electrons. The Kier molecular flexibility index (Phi) is 7.74. The fraction of sp³-hybridized carbons (Fsp3) is 0.750. The molecule has 6 heteroatoms. The zero-order chi connectivity index (χ0) is 14.1. The second-order valence-corrected chi connectivity index (χ2v) is 4.49. The van der Waals surface area contributed by atoms with E-state index < -0.39 is 18.0 Å². The van der Waals surface area contributed by atoms with Crippen LogP contribution in [0.15, 0.2) is 0 Å². The van der Waals surface area contributed by atoms with Crippen molar-refractivity contribution in [3.05, 3.63) is 0 Å². The number of aliphatic carboxylic acids is 2. The Morgan fingerprint density at radius 3 is 2.22 bits per heavy atom. The van der Waals surface area contributed by atoms with Crippen LogP contribution in [0.5, 0.6) is 0 Å². The predicted octanol–water partition coefficient (Wildman–Crippen LogP) is 1.25. The summed E-state index contributed by atoms with van der Waals surface area (Å²) in [4.78, 5) is 32.8. The van der Waals surface area contributed by atoms with Crippen molar-refractivity contribution >= 4 is 17.8 Å². The van der Waals surface area contributed by atoms with Gasteiger partial charge < -0.3 is 15.5 Å². The molecule has 1 unspecified atom stereocenters. The van der Waals surface area contributed by atoms with Crippen LogP contribution in [0.4, 0.5) is 0 Å². The van der Waals surface area contributed by atoms with E-state index in [9.17, 15) is 14.4 Å². The van der Waals surface area contributed by atoms with Gasteiger partial charge in [0.05, 0.1) is 0 Å². The molecule has 0 fully saturated rings. The minimum absolute atomic E-state index is 0.0986. The lowest BCUT2D eigenvalue weighted by molar-refractivity contribution is -0.143. The molecule has 3 N–H and O–H groups in total. The normalized spacial score (nSPS) is 13.7. The number of carbonyl (C=O) groups is 3. The van der Waals surface area contributed by atoms with Crippen molar-refractivity contribution in [2.24, 2.45) is 5.92 Å². The van der Waals surface area contributed by atoms with Gasteiger partial charge in [0.15, 0.2) is 0 Å². The van der Waals surface area contributed by atoms with E-state index in [2.05, 4.69) is 5.32 Å². The van der Waals surface area contributed by atoms with E-state index in [0.717, 1.165) is 12.8 Å². The van der Waals surface area contributed by atoms with Crippen LogP contribution in [0.2, 0.25) is 0 Å². The lowest BCUT2D eigenvalue weighted by atomic mass is 10.0. The van der Waals surface area contributed by atoms with Gasteiger partial charge in [-0.15, -0.1) is 0 Å². The van der Waals surface area contributed by atoms with Crippen LogP contribution < -0.4 is 5.32 Å². The van der Waals surface area contributed by atoms with Crippen LogP contribution in [0.3, 0.4) is 0 Å². The first kappa shape index (κ1) is 16.4. The highest BCUT2D eigenvalue weighted by Gasteiger charge is 2.21. The number of rotatable bonds is 9. The van der Waals surface area contributed by atoms with Gasteiger partial charge in [-0.2, -0.15) is 0 Å². The summed E-state index contributed by atoms with van der Waals surface area (Å²) >= 11 is 0. The third kappa shape index (κ3) is 7.65. The minimum atomic E-state index is -1.20. The van der Waals surface area contributed by atoms with E-state index >= 15 is 0 Å². The SMILES string of the molecule is CCCC(C)CC(=O)N[C@@H](CCC(=O)O)C(=O)O. The molecule has 0 radical (unpaired) electrons. The average Bonchev–Trinajstić information content (AvgIpc) is 2.23. The molecule has 0 aliphatic heterocycles. The molecule has 2 atom stereocenters. The van der Waals surface area contributed by atoms with Crippen LogP contribution >= 0.6 is 0 Å². The summed E-state index contributed by atoms with van der Waals surface area (Å²) < 4.78 is 0. The number of hydrogen-bond acceptors (Lipinski definition) is 3. The first-order valence-corrected chi connectivity index (χ1v) is 6.10. The Morgan fingerprint density at radius 1 is 1.17 bits per heavy atom. The largest absolute Gasteiger partial charge is 0.481 e. The number of nitrogens with one attached hydrogen (secondary N) is 1.